The Morgan fingerprint density at radius 2 is 1.63 bits per heavy atom. The van der Waals surface area contributed by atoms with E-state index in [9.17, 15) is 9.59 Å². The lowest BCUT2D eigenvalue weighted by Crippen LogP contribution is -2.50. The lowest BCUT2D eigenvalue weighted by Gasteiger charge is -2.32. The molecular weight excluding hydrogens is 559 g/mol. The molecule has 38 heavy (non-hydrogen) atoms. The Bertz CT molecular complexity index is 1180. The number of hydrogen-bond donors (Lipinski definition) is 1. The van der Waals surface area contributed by atoms with Crippen molar-refractivity contribution in [2.75, 3.05) is 12.3 Å². The number of benzene rings is 3. The highest BCUT2D eigenvalue weighted by Crippen LogP contribution is 2.25. The van der Waals surface area contributed by atoms with E-state index in [-0.39, 0.29) is 18.4 Å². The predicted octanol–water partition coefficient (Wildman–Crippen LogP) is 8.08. The van der Waals surface area contributed by atoms with Gasteiger partial charge in [0, 0.05) is 35.8 Å². The summed E-state index contributed by atoms with van der Waals surface area (Å²) in [6.07, 6.45) is 3.29. The Morgan fingerprint density at radius 3 is 2.32 bits per heavy atom. The van der Waals surface area contributed by atoms with Gasteiger partial charge >= 0.3 is 0 Å². The molecule has 4 nitrogen and oxygen atoms in total. The fourth-order valence-electron chi connectivity index (χ4n) is 3.98. The van der Waals surface area contributed by atoms with Gasteiger partial charge in [-0.05, 0) is 66.1 Å². The fourth-order valence-corrected chi connectivity index (χ4v) is 5.28. The molecule has 0 unspecified atom stereocenters. The summed E-state index contributed by atoms with van der Waals surface area (Å²) in [6, 6.07) is 22.1. The van der Waals surface area contributed by atoms with Crippen LogP contribution in [0.1, 0.15) is 43.7 Å². The first-order chi connectivity index (χ1) is 18.4. The van der Waals surface area contributed by atoms with Crippen molar-refractivity contribution in [1.82, 2.24) is 10.2 Å². The molecule has 3 rings (SSSR count). The molecule has 0 aliphatic carbocycles. The van der Waals surface area contributed by atoms with E-state index in [1.165, 1.54) is 0 Å². The molecule has 1 atom stereocenters. The minimum atomic E-state index is -0.653. The van der Waals surface area contributed by atoms with Crippen molar-refractivity contribution in [2.24, 2.45) is 0 Å². The maximum atomic E-state index is 13.7. The molecule has 3 aromatic carbocycles. The second-order valence-electron chi connectivity index (χ2n) is 9.03. The second kappa shape index (κ2) is 16.0. The van der Waals surface area contributed by atoms with Crippen molar-refractivity contribution in [3.8, 4) is 0 Å². The smallest absolute Gasteiger partial charge is 0.243 e. The van der Waals surface area contributed by atoms with Crippen LogP contribution in [0.3, 0.4) is 0 Å². The first-order valence-corrected chi connectivity index (χ1v) is 14.9. The largest absolute Gasteiger partial charge is 0.354 e. The molecule has 0 saturated heterocycles. The first kappa shape index (κ1) is 30.4. The van der Waals surface area contributed by atoms with Gasteiger partial charge in [0.05, 0.1) is 10.0 Å². The molecule has 0 bridgehead atoms. The van der Waals surface area contributed by atoms with Gasteiger partial charge in [-0.1, -0.05) is 84.5 Å². The average Bonchev–Trinajstić information content (AvgIpc) is 2.92. The maximum absolute atomic E-state index is 13.7. The molecule has 0 heterocycles. The number of nitrogens with one attached hydrogen (secondary N) is 1. The number of hydrogen-bond acceptors (Lipinski definition) is 3. The van der Waals surface area contributed by atoms with E-state index in [2.05, 4.69) is 12.2 Å². The molecule has 0 aliphatic heterocycles. The van der Waals surface area contributed by atoms with Crippen molar-refractivity contribution in [3.63, 3.8) is 0 Å². The molecule has 0 fully saturated rings. The number of rotatable bonds is 14. The van der Waals surface area contributed by atoms with Crippen LogP contribution in [0.25, 0.3) is 0 Å². The standard InChI is InChI=1S/C30H33Cl3N2O2S/c1-2-3-17-34-30(37)28(20-22-8-5-4-6-9-22)35(21-23-11-16-26(32)27(33)19-23)29(36)10-7-18-38-25-14-12-24(31)13-15-25/h4-6,8-9,11-16,19,28H,2-3,7,10,17-18,20-21H2,1H3,(H,34,37)/t28-/m1/s1. The fraction of sp³-hybridized carbons (Fsp3) is 0.333. The van der Waals surface area contributed by atoms with Gasteiger partial charge in [0.15, 0.2) is 0 Å². The highest BCUT2D eigenvalue weighted by Gasteiger charge is 2.30. The van der Waals surface area contributed by atoms with Crippen molar-refractivity contribution in [3.05, 3.63) is 99.0 Å². The molecule has 0 saturated carbocycles. The van der Waals surface area contributed by atoms with Crippen molar-refractivity contribution in [1.29, 1.82) is 0 Å². The van der Waals surface area contributed by atoms with Crippen LogP contribution >= 0.6 is 46.6 Å². The Morgan fingerprint density at radius 1 is 0.895 bits per heavy atom. The zero-order valence-electron chi connectivity index (χ0n) is 21.5. The average molecular weight is 592 g/mol. The Labute approximate surface area is 245 Å². The first-order valence-electron chi connectivity index (χ1n) is 12.8. The molecule has 0 spiro atoms. The zero-order chi connectivity index (χ0) is 27.3. The van der Waals surface area contributed by atoms with Crippen LogP contribution in [0.5, 0.6) is 0 Å². The van der Waals surface area contributed by atoms with E-state index < -0.39 is 6.04 Å². The number of carbonyl (C=O) groups excluding carboxylic acids is 2. The molecule has 202 valence electrons. The van der Waals surface area contributed by atoms with Gasteiger partial charge in [0.1, 0.15) is 6.04 Å². The highest BCUT2D eigenvalue weighted by atomic mass is 35.5. The molecule has 1 N–H and O–H groups in total. The number of nitrogens with zero attached hydrogens (tertiary/aromatic N) is 1. The summed E-state index contributed by atoms with van der Waals surface area (Å²) in [7, 11) is 0. The summed E-state index contributed by atoms with van der Waals surface area (Å²) in [6.45, 7) is 2.92. The van der Waals surface area contributed by atoms with Crippen LogP contribution in [0.4, 0.5) is 0 Å². The quantitative estimate of drug-likeness (QED) is 0.152. The summed E-state index contributed by atoms with van der Waals surface area (Å²) in [5.74, 6) is 0.561. The monoisotopic (exact) mass is 590 g/mol. The summed E-state index contributed by atoms with van der Waals surface area (Å²) in [5.41, 5.74) is 1.82. The second-order valence-corrected chi connectivity index (χ2v) is 11.4. The Hall–Kier alpha value is -2.18. The summed E-state index contributed by atoms with van der Waals surface area (Å²) < 4.78 is 0. The van der Waals surface area contributed by atoms with Crippen LogP contribution in [-0.4, -0.2) is 35.1 Å². The van der Waals surface area contributed by atoms with Gasteiger partial charge < -0.3 is 10.2 Å². The SMILES string of the molecule is CCCCNC(=O)[C@@H](Cc1ccccc1)N(Cc1ccc(Cl)c(Cl)c1)C(=O)CCCSc1ccc(Cl)cc1. The minimum absolute atomic E-state index is 0.0700. The van der Waals surface area contributed by atoms with Crippen LogP contribution in [0, 0.1) is 0 Å². The lowest BCUT2D eigenvalue weighted by atomic mass is 10.0. The predicted molar refractivity (Wildman–Crippen MR) is 160 cm³/mol. The van der Waals surface area contributed by atoms with Crippen molar-refractivity contribution < 1.29 is 9.59 Å². The van der Waals surface area contributed by atoms with E-state index in [1.807, 2.05) is 60.7 Å². The summed E-state index contributed by atoms with van der Waals surface area (Å²) in [5, 5.41) is 4.61. The number of carbonyl (C=O) groups is 2. The normalized spacial score (nSPS) is 11.7. The maximum Gasteiger partial charge on any atom is 0.243 e. The van der Waals surface area contributed by atoms with Crippen LogP contribution < -0.4 is 5.32 Å². The van der Waals surface area contributed by atoms with Crippen molar-refractivity contribution >= 4 is 58.4 Å². The van der Waals surface area contributed by atoms with Crippen molar-refractivity contribution in [2.45, 2.75) is 56.5 Å². The third-order valence-electron chi connectivity index (χ3n) is 6.05. The van der Waals surface area contributed by atoms with E-state index in [4.69, 9.17) is 34.8 Å². The summed E-state index contributed by atoms with van der Waals surface area (Å²) in [4.78, 5) is 29.9. The topological polar surface area (TPSA) is 49.4 Å². The molecule has 0 radical (unpaired) electrons. The third-order valence-corrected chi connectivity index (χ3v) is 8.14. The number of thioether (sulfide) groups is 1. The highest BCUT2D eigenvalue weighted by molar-refractivity contribution is 7.99. The van der Waals surface area contributed by atoms with Gasteiger partial charge in [-0.25, -0.2) is 0 Å². The number of amides is 2. The van der Waals surface area contributed by atoms with E-state index in [1.54, 1.807) is 28.8 Å². The minimum Gasteiger partial charge on any atom is -0.354 e. The molecule has 0 aromatic heterocycles. The van der Waals surface area contributed by atoms with E-state index in [0.29, 0.717) is 40.9 Å². The summed E-state index contributed by atoms with van der Waals surface area (Å²) >= 11 is 20.1. The van der Waals surface area contributed by atoms with E-state index in [0.717, 1.165) is 34.6 Å². The van der Waals surface area contributed by atoms with Gasteiger partial charge in [0.25, 0.3) is 0 Å². The Balaban J connectivity index is 1.79. The van der Waals surface area contributed by atoms with Gasteiger partial charge in [0.2, 0.25) is 11.8 Å². The Kier molecular flexibility index (Phi) is 12.8. The third kappa shape index (κ3) is 9.85. The molecule has 2 amide bonds. The van der Waals surface area contributed by atoms with Crippen LogP contribution in [0.15, 0.2) is 77.7 Å². The van der Waals surface area contributed by atoms with E-state index >= 15 is 0 Å². The van der Waals surface area contributed by atoms with Gasteiger partial charge in [-0.2, -0.15) is 0 Å². The van der Waals surface area contributed by atoms with Gasteiger partial charge in [-0.3, -0.25) is 9.59 Å². The lowest BCUT2D eigenvalue weighted by molar-refractivity contribution is -0.141. The molecule has 3 aromatic rings. The van der Waals surface area contributed by atoms with Gasteiger partial charge in [-0.15, -0.1) is 11.8 Å². The number of halogens is 3. The zero-order valence-corrected chi connectivity index (χ0v) is 24.6. The molecular formula is C30H33Cl3N2O2S. The number of unbranched alkanes of at least 4 members (excludes halogenated alkanes) is 1. The van der Waals surface area contributed by atoms with Crippen LogP contribution in [-0.2, 0) is 22.6 Å². The molecule has 8 heteroatoms. The molecule has 0 aliphatic rings. The van der Waals surface area contributed by atoms with Crippen LogP contribution in [0.2, 0.25) is 15.1 Å².